The Morgan fingerprint density at radius 2 is 2.14 bits per heavy atom. The second-order valence-electron chi connectivity index (χ2n) is 7.67. The molecule has 0 spiro atoms. The molecule has 0 saturated carbocycles. The zero-order chi connectivity index (χ0) is 18.9. The third-order valence-electron chi connectivity index (χ3n) is 5.77. The number of fused-ring (bicyclic) bond motifs is 2. The van der Waals surface area contributed by atoms with Crippen molar-refractivity contribution in [3.63, 3.8) is 0 Å². The van der Waals surface area contributed by atoms with Crippen LogP contribution in [0.15, 0.2) is 48.3 Å². The van der Waals surface area contributed by atoms with Gasteiger partial charge in [-0.3, -0.25) is 4.79 Å². The first-order valence-electron chi connectivity index (χ1n) is 10.2. The number of rotatable bonds is 2. The number of nitrogens with one attached hydrogen (secondary N) is 1. The summed E-state index contributed by atoms with van der Waals surface area (Å²) in [5.41, 5.74) is 3.58. The van der Waals surface area contributed by atoms with Gasteiger partial charge in [0.1, 0.15) is 5.75 Å². The van der Waals surface area contributed by atoms with E-state index in [1.165, 1.54) is 5.56 Å². The number of carbonyl (C=O) groups is 1. The van der Waals surface area contributed by atoms with Crippen LogP contribution in [0.25, 0.3) is 5.31 Å². The van der Waals surface area contributed by atoms with Crippen LogP contribution in [0.5, 0.6) is 5.75 Å². The number of nitrogens with zero attached hydrogens (tertiary/aromatic N) is 2. The van der Waals surface area contributed by atoms with Crippen LogP contribution in [0.1, 0.15) is 24.0 Å². The Balaban J connectivity index is 1.38. The second kappa shape index (κ2) is 7.73. The van der Waals surface area contributed by atoms with Crippen molar-refractivity contribution in [2.45, 2.75) is 25.0 Å². The van der Waals surface area contributed by atoms with E-state index in [4.69, 9.17) is 4.74 Å². The van der Waals surface area contributed by atoms with E-state index in [1.54, 1.807) is 0 Å². The quantitative estimate of drug-likeness (QED) is 0.783. The molecule has 28 heavy (non-hydrogen) atoms. The molecular weight excluding hydrogens is 369 g/mol. The zero-order valence-corrected chi connectivity index (χ0v) is 17.0. The van der Waals surface area contributed by atoms with E-state index in [-0.39, 0.29) is 11.7 Å². The fourth-order valence-electron chi connectivity index (χ4n) is 4.25. The molecular formula is C22H26N3O2P. The van der Waals surface area contributed by atoms with Crippen molar-refractivity contribution in [1.82, 2.24) is 15.1 Å². The fourth-order valence-corrected chi connectivity index (χ4v) is 5.63. The first-order valence-corrected chi connectivity index (χ1v) is 11.3. The Labute approximate surface area is 167 Å². The van der Waals surface area contributed by atoms with Gasteiger partial charge in [0.05, 0.1) is 18.1 Å². The van der Waals surface area contributed by atoms with E-state index >= 15 is 0 Å². The molecule has 5 rings (SSSR count). The molecule has 0 aromatic heterocycles. The molecule has 6 heteroatoms. The Kier molecular flexibility index (Phi) is 4.96. The zero-order valence-electron chi connectivity index (χ0n) is 16.0. The minimum Gasteiger partial charge on any atom is -0.493 e. The van der Waals surface area contributed by atoms with Crippen LogP contribution >= 0.6 is 8.58 Å². The normalized spacial score (nSPS) is 25.4. The third kappa shape index (κ3) is 3.49. The van der Waals surface area contributed by atoms with Crippen LogP contribution in [0, 0.1) is 0 Å². The molecule has 0 aliphatic carbocycles. The van der Waals surface area contributed by atoms with Crippen molar-refractivity contribution in [2.24, 2.45) is 0 Å². The molecule has 1 aromatic rings. The van der Waals surface area contributed by atoms with Crippen LogP contribution in [-0.4, -0.2) is 54.3 Å². The van der Waals surface area contributed by atoms with Gasteiger partial charge in [-0.25, -0.2) is 0 Å². The summed E-state index contributed by atoms with van der Waals surface area (Å²) in [5.74, 6) is 1.22. The van der Waals surface area contributed by atoms with Gasteiger partial charge in [-0.1, -0.05) is 20.7 Å². The molecule has 4 aliphatic heterocycles. The summed E-state index contributed by atoms with van der Waals surface area (Å²) < 4.78 is 5.73. The number of allylic oxidation sites excluding steroid dienone is 1. The molecule has 1 fully saturated rings. The average molecular weight is 395 g/mol. The lowest BCUT2D eigenvalue weighted by Crippen LogP contribution is -2.38. The summed E-state index contributed by atoms with van der Waals surface area (Å²) in [5, 5.41) is 4.59. The van der Waals surface area contributed by atoms with Crippen molar-refractivity contribution in [3.05, 3.63) is 59.5 Å². The first-order chi connectivity index (χ1) is 13.8. The highest BCUT2D eigenvalue weighted by Crippen LogP contribution is 2.45. The molecule has 1 saturated heterocycles. The van der Waals surface area contributed by atoms with Gasteiger partial charge >= 0.3 is 0 Å². The number of hydrogen-bond acceptors (Lipinski definition) is 4. The van der Waals surface area contributed by atoms with Crippen molar-refractivity contribution < 1.29 is 9.53 Å². The van der Waals surface area contributed by atoms with E-state index in [1.807, 2.05) is 11.0 Å². The Morgan fingerprint density at radius 1 is 1.18 bits per heavy atom. The predicted octanol–water partition coefficient (Wildman–Crippen LogP) is 2.91. The Morgan fingerprint density at radius 3 is 3.11 bits per heavy atom. The number of ether oxygens (including phenoxy) is 1. The van der Waals surface area contributed by atoms with E-state index < -0.39 is 0 Å². The van der Waals surface area contributed by atoms with Crippen molar-refractivity contribution in [1.29, 1.82) is 0 Å². The van der Waals surface area contributed by atoms with Gasteiger partial charge in [-0.05, 0) is 60.5 Å². The van der Waals surface area contributed by atoms with Gasteiger partial charge in [0.25, 0.3) is 5.91 Å². The standard InChI is InChI=1S/C22H26N3O2P/c26-21-14-20(17-4-6-19-16(13-17)3-1-12-27-19)28-22-7-5-18(15-25(21)22)24-10-2-8-23-9-11-24/h4-7,13-15,22-23,28H,1-3,8-12H2. The summed E-state index contributed by atoms with van der Waals surface area (Å²) in [4.78, 5) is 17.2. The molecule has 146 valence electrons. The molecule has 0 radical (unpaired) electrons. The topological polar surface area (TPSA) is 44.8 Å². The van der Waals surface area contributed by atoms with Gasteiger partial charge in [0, 0.05) is 31.9 Å². The lowest BCUT2D eigenvalue weighted by molar-refractivity contribution is -0.123. The van der Waals surface area contributed by atoms with Crippen LogP contribution < -0.4 is 10.1 Å². The molecule has 1 aromatic carbocycles. The third-order valence-corrected chi connectivity index (χ3v) is 7.28. The largest absolute Gasteiger partial charge is 0.493 e. The SMILES string of the molecule is O=C1C=C(c2ccc3c(c2)CCCO3)PC2C=CC(N3CCCNCC3)=CN12. The monoisotopic (exact) mass is 395 g/mol. The number of amides is 1. The molecule has 4 aliphatic rings. The van der Waals surface area contributed by atoms with Gasteiger partial charge in [0.2, 0.25) is 0 Å². The van der Waals surface area contributed by atoms with Crippen LogP contribution in [0.4, 0.5) is 0 Å². The predicted molar refractivity (Wildman–Crippen MR) is 113 cm³/mol. The van der Waals surface area contributed by atoms with Gasteiger partial charge < -0.3 is 19.9 Å². The minimum absolute atomic E-state index is 0.0857. The molecule has 0 bridgehead atoms. The highest BCUT2D eigenvalue weighted by molar-refractivity contribution is 7.51. The van der Waals surface area contributed by atoms with Gasteiger partial charge in [-0.15, -0.1) is 0 Å². The molecule has 1 N–H and O–H groups in total. The van der Waals surface area contributed by atoms with E-state index in [0.29, 0.717) is 8.58 Å². The van der Waals surface area contributed by atoms with Crippen molar-refractivity contribution in [3.8, 4) is 5.75 Å². The highest BCUT2D eigenvalue weighted by atomic mass is 31.1. The maximum atomic E-state index is 12.9. The lowest BCUT2D eigenvalue weighted by atomic mass is 10.0. The maximum Gasteiger partial charge on any atom is 0.252 e. The summed E-state index contributed by atoms with van der Waals surface area (Å²) >= 11 is 0. The van der Waals surface area contributed by atoms with E-state index in [9.17, 15) is 4.79 Å². The lowest BCUT2D eigenvalue weighted by Gasteiger charge is -2.36. The molecule has 2 unspecified atom stereocenters. The van der Waals surface area contributed by atoms with Crippen LogP contribution in [0.2, 0.25) is 0 Å². The Bertz CT molecular complexity index is 869. The van der Waals surface area contributed by atoms with Crippen LogP contribution in [0.3, 0.4) is 0 Å². The number of aryl methyl sites for hydroxylation is 1. The fraction of sp³-hybridized carbons (Fsp3) is 0.409. The Hall–Kier alpha value is -2.10. The minimum atomic E-state index is 0.0857. The number of benzene rings is 1. The molecule has 2 atom stereocenters. The first kappa shape index (κ1) is 18.0. The summed E-state index contributed by atoms with van der Waals surface area (Å²) in [6, 6.07) is 6.38. The van der Waals surface area contributed by atoms with E-state index in [2.05, 4.69) is 46.8 Å². The van der Waals surface area contributed by atoms with Crippen molar-refractivity contribution in [2.75, 3.05) is 32.8 Å². The smallest absolute Gasteiger partial charge is 0.252 e. The van der Waals surface area contributed by atoms with Gasteiger partial charge in [0.15, 0.2) is 0 Å². The van der Waals surface area contributed by atoms with E-state index in [0.717, 1.165) is 74.4 Å². The molecule has 1 amide bonds. The number of carbonyl (C=O) groups excluding carboxylic acids is 1. The van der Waals surface area contributed by atoms with Crippen molar-refractivity contribution >= 4 is 19.8 Å². The summed E-state index contributed by atoms with van der Waals surface area (Å²) in [6.07, 6.45) is 11.6. The highest BCUT2D eigenvalue weighted by Gasteiger charge is 2.29. The summed E-state index contributed by atoms with van der Waals surface area (Å²) in [6.45, 7) is 4.90. The molecule has 4 heterocycles. The second-order valence-corrected chi connectivity index (χ2v) is 9.09. The molecule has 5 nitrogen and oxygen atoms in total. The van der Waals surface area contributed by atoms with Gasteiger partial charge in [-0.2, -0.15) is 0 Å². The maximum absolute atomic E-state index is 12.9. The average Bonchev–Trinajstić information content (AvgIpc) is 3.03. The number of hydrogen-bond donors (Lipinski definition) is 1. The van der Waals surface area contributed by atoms with Crippen LogP contribution in [-0.2, 0) is 11.2 Å². The summed E-state index contributed by atoms with van der Waals surface area (Å²) in [7, 11) is 0.560.